The van der Waals surface area contributed by atoms with Crippen LogP contribution in [0, 0.1) is 0 Å². The van der Waals surface area contributed by atoms with Gasteiger partial charge in [-0.1, -0.05) is 6.07 Å². The summed E-state index contributed by atoms with van der Waals surface area (Å²) in [7, 11) is 1.26. The molecular formula is C26H30N4O9. The Kier molecular flexibility index (Phi) is 10.1. The SMILES string of the molecule is CCOc1cc([C@@H]2NC(=O)NC(C)=C2C(=O)OC)ccc1OC[C@H](O)N/N=C\c1ccc(OCC(=O)O)cc1. The number of carbonyl (C=O) groups is 3. The molecule has 5 N–H and O–H groups in total. The van der Waals surface area contributed by atoms with E-state index < -0.39 is 36.8 Å². The van der Waals surface area contributed by atoms with Crippen LogP contribution in [-0.2, 0) is 14.3 Å². The molecule has 0 unspecified atom stereocenters. The highest BCUT2D eigenvalue weighted by Crippen LogP contribution is 2.34. The molecular weight excluding hydrogens is 512 g/mol. The number of carbonyl (C=O) groups excluding carboxylic acids is 2. The highest BCUT2D eigenvalue weighted by molar-refractivity contribution is 5.95. The van der Waals surface area contributed by atoms with Crippen LogP contribution in [0.4, 0.5) is 4.79 Å². The third kappa shape index (κ3) is 8.10. The number of methoxy groups -OCH3 is 1. The molecule has 0 fully saturated rings. The number of hydrazone groups is 1. The van der Waals surface area contributed by atoms with Crippen molar-refractivity contribution < 1.29 is 43.5 Å². The second-order valence-electron chi connectivity index (χ2n) is 8.17. The maximum absolute atomic E-state index is 12.4. The molecule has 2 aromatic rings. The predicted molar refractivity (Wildman–Crippen MR) is 139 cm³/mol. The molecule has 0 aromatic heterocycles. The summed E-state index contributed by atoms with van der Waals surface area (Å²) in [4.78, 5) is 35.0. The third-order valence-corrected chi connectivity index (χ3v) is 5.35. The van der Waals surface area contributed by atoms with Crippen LogP contribution in [0.2, 0.25) is 0 Å². The zero-order chi connectivity index (χ0) is 28.4. The summed E-state index contributed by atoms with van der Waals surface area (Å²) in [6, 6.07) is 10.3. The first-order chi connectivity index (χ1) is 18.7. The number of rotatable bonds is 13. The molecule has 39 heavy (non-hydrogen) atoms. The van der Waals surface area contributed by atoms with E-state index in [0.717, 1.165) is 0 Å². The number of allylic oxidation sites excluding steroid dienone is 1. The molecule has 0 aliphatic carbocycles. The minimum absolute atomic E-state index is 0.171. The van der Waals surface area contributed by atoms with Crippen molar-refractivity contribution >= 4 is 24.2 Å². The van der Waals surface area contributed by atoms with Crippen LogP contribution in [0.1, 0.15) is 31.0 Å². The number of nitrogens with zero attached hydrogens (tertiary/aromatic N) is 1. The molecule has 3 rings (SSSR count). The first-order valence-electron chi connectivity index (χ1n) is 11.9. The van der Waals surface area contributed by atoms with Gasteiger partial charge < -0.3 is 39.8 Å². The Morgan fingerprint density at radius 1 is 1.13 bits per heavy atom. The Hall–Kier alpha value is -4.78. The lowest BCUT2D eigenvalue weighted by atomic mass is 9.95. The Morgan fingerprint density at radius 3 is 2.54 bits per heavy atom. The van der Waals surface area contributed by atoms with Crippen molar-refractivity contribution in [2.24, 2.45) is 5.10 Å². The van der Waals surface area contributed by atoms with Gasteiger partial charge >= 0.3 is 18.0 Å². The smallest absolute Gasteiger partial charge is 0.341 e. The van der Waals surface area contributed by atoms with E-state index >= 15 is 0 Å². The second kappa shape index (κ2) is 13.7. The van der Waals surface area contributed by atoms with Gasteiger partial charge in [0.05, 0.1) is 31.5 Å². The zero-order valence-electron chi connectivity index (χ0n) is 21.6. The number of amides is 2. The summed E-state index contributed by atoms with van der Waals surface area (Å²) in [6.07, 6.45) is 0.306. The van der Waals surface area contributed by atoms with Crippen molar-refractivity contribution in [3.8, 4) is 17.2 Å². The summed E-state index contributed by atoms with van der Waals surface area (Å²) in [5.41, 5.74) is 4.44. The maximum Gasteiger partial charge on any atom is 0.341 e. The first-order valence-corrected chi connectivity index (χ1v) is 11.9. The molecule has 0 spiro atoms. The Labute approximate surface area is 224 Å². The summed E-state index contributed by atoms with van der Waals surface area (Å²) in [6.45, 7) is 3.12. The number of hydrogen-bond acceptors (Lipinski definition) is 10. The Balaban J connectivity index is 1.63. The van der Waals surface area contributed by atoms with Crippen molar-refractivity contribution in [3.63, 3.8) is 0 Å². The van der Waals surface area contributed by atoms with Gasteiger partial charge in [0.15, 0.2) is 24.3 Å². The minimum Gasteiger partial charge on any atom is -0.490 e. The molecule has 0 radical (unpaired) electrons. The van der Waals surface area contributed by atoms with Crippen LogP contribution in [0.15, 0.2) is 58.8 Å². The van der Waals surface area contributed by atoms with Crippen LogP contribution in [0.25, 0.3) is 0 Å². The number of aliphatic carboxylic acids is 1. The van der Waals surface area contributed by atoms with Crippen molar-refractivity contribution in [1.82, 2.24) is 16.1 Å². The van der Waals surface area contributed by atoms with Gasteiger partial charge in [-0.2, -0.15) is 5.10 Å². The van der Waals surface area contributed by atoms with Gasteiger partial charge in [-0.15, -0.1) is 0 Å². The van der Waals surface area contributed by atoms with Gasteiger partial charge in [0.1, 0.15) is 12.4 Å². The summed E-state index contributed by atoms with van der Waals surface area (Å²) in [5, 5.41) is 28.1. The topological polar surface area (TPSA) is 177 Å². The molecule has 208 valence electrons. The molecule has 1 aliphatic heterocycles. The number of urea groups is 1. The largest absolute Gasteiger partial charge is 0.490 e. The average Bonchev–Trinajstić information content (AvgIpc) is 2.91. The van der Waals surface area contributed by atoms with Crippen LogP contribution in [0.5, 0.6) is 17.2 Å². The number of aliphatic hydroxyl groups excluding tert-OH is 1. The molecule has 2 amide bonds. The molecule has 0 saturated heterocycles. The van der Waals surface area contributed by atoms with Gasteiger partial charge in [-0.05, 0) is 61.4 Å². The summed E-state index contributed by atoms with van der Waals surface area (Å²) >= 11 is 0. The predicted octanol–water partition coefficient (Wildman–Crippen LogP) is 1.67. The number of aliphatic hydroxyl groups is 1. The third-order valence-electron chi connectivity index (χ3n) is 5.35. The molecule has 0 saturated carbocycles. The van der Waals surface area contributed by atoms with Crippen molar-refractivity contribution in [2.45, 2.75) is 26.1 Å². The summed E-state index contributed by atoms with van der Waals surface area (Å²) in [5.74, 6) is -0.558. The van der Waals surface area contributed by atoms with Gasteiger partial charge in [0, 0.05) is 5.70 Å². The van der Waals surface area contributed by atoms with E-state index in [9.17, 15) is 19.5 Å². The lowest BCUT2D eigenvalue weighted by molar-refractivity contribution is -0.139. The monoisotopic (exact) mass is 542 g/mol. The fourth-order valence-electron chi connectivity index (χ4n) is 3.62. The van der Waals surface area contributed by atoms with E-state index in [1.54, 1.807) is 56.3 Å². The maximum atomic E-state index is 12.4. The van der Waals surface area contributed by atoms with Crippen molar-refractivity contribution in [1.29, 1.82) is 0 Å². The molecule has 2 atom stereocenters. The van der Waals surface area contributed by atoms with Crippen molar-refractivity contribution in [2.75, 3.05) is 26.9 Å². The Morgan fingerprint density at radius 2 is 1.87 bits per heavy atom. The van der Waals surface area contributed by atoms with Crippen LogP contribution < -0.4 is 30.3 Å². The van der Waals surface area contributed by atoms with Gasteiger partial charge in [-0.3, -0.25) is 5.43 Å². The number of benzene rings is 2. The molecule has 1 heterocycles. The molecule has 2 aromatic carbocycles. The number of nitrogens with one attached hydrogen (secondary N) is 3. The van der Waals surface area contributed by atoms with E-state index in [1.165, 1.54) is 13.3 Å². The normalized spacial score (nSPS) is 15.7. The van der Waals surface area contributed by atoms with Gasteiger partial charge in [-0.25, -0.2) is 14.4 Å². The van der Waals surface area contributed by atoms with E-state index in [4.69, 9.17) is 24.1 Å². The number of ether oxygens (including phenoxy) is 4. The van der Waals surface area contributed by atoms with Crippen molar-refractivity contribution in [3.05, 3.63) is 64.9 Å². The van der Waals surface area contributed by atoms with Crippen LogP contribution >= 0.6 is 0 Å². The van der Waals surface area contributed by atoms with Crippen LogP contribution in [0.3, 0.4) is 0 Å². The number of carboxylic acids is 1. The quantitative estimate of drug-likeness (QED) is 0.108. The van der Waals surface area contributed by atoms with E-state index in [1.807, 2.05) is 0 Å². The zero-order valence-corrected chi connectivity index (χ0v) is 21.6. The highest BCUT2D eigenvalue weighted by atomic mass is 16.5. The molecule has 13 nitrogen and oxygen atoms in total. The fraction of sp³-hybridized carbons (Fsp3) is 0.308. The highest BCUT2D eigenvalue weighted by Gasteiger charge is 2.32. The van der Waals surface area contributed by atoms with Gasteiger partial charge in [0.25, 0.3) is 0 Å². The molecule has 13 heteroatoms. The minimum atomic E-state index is -1.16. The molecule has 1 aliphatic rings. The standard InChI is InChI=1S/C26H30N4O9/c1-4-37-20-11-17(24-23(25(34)36-3)15(2)28-26(35)29-24)7-10-19(20)39-13-21(31)30-27-12-16-5-8-18(9-6-16)38-14-22(32)33/h5-12,21,24,30-31H,4,13-14H2,1-3H3,(H,32,33)(H2,28,29,35)/b27-12-/t21-,24-/m0/s1. The summed E-state index contributed by atoms with van der Waals surface area (Å²) < 4.78 is 21.4. The Bertz CT molecular complexity index is 1240. The fourth-order valence-corrected chi connectivity index (χ4v) is 3.62. The van der Waals surface area contributed by atoms with E-state index in [-0.39, 0.29) is 12.2 Å². The first kappa shape index (κ1) is 28.8. The lowest BCUT2D eigenvalue weighted by Crippen LogP contribution is -2.45. The number of hydrogen-bond donors (Lipinski definition) is 5. The van der Waals surface area contributed by atoms with Crippen LogP contribution in [-0.4, -0.2) is 67.6 Å². The van der Waals surface area contributed by atoms with Gasteiger partial charge in [0.2, 0.25) is 0 Å². The number of carboxylic acid groups (broad SMARTS) is 1. The van der Waals surface area contributed by atoms with E-state index in [0.29, 0.717) is 40.7 Å². The van der Waals surface area contributed by atoms with E-state index in [2.05, 4.69) is 21.2 Å². The second-order valence-corrected chi connectivity index (χ2v) is 8.17. The average molecular weight is 543 g/mol. The number of esters is 1. The lowest BCUT2D eigenvalue weighted by Gasteiger charge is -2.28. The molecule has 0 bridgehead atoms.